The summed E-state index contributed by atoms with van der Waals surface area (Å²) < 4.78 is 0. The molecule has 0 amide bonds. The summed E-state index contributed by atoms with van der Waals surface area (Å²) in [6.45, 7) is 2.15. The minimum atomic E-state index is 0.241. The standard InChI is InChI=1S/C15H24N2O/c1-2-14(13-5-3-4-6-15(13)18)17-12-9-7-11(16)8-10-12/h3-6,11-12,14,17-18H,2,7-10,16H2,1H3. The van der Waals surface area contributed by atoms with Crippen molar-refractivity contribution in [1.29, 1.82) is 0 Å². The van der Waals surface area contributed by atoms with Crippen LogP contribution in [0.1, 0.15) is 50.6 Å². The highest BCUT2D eigenvalue weighted by atomic mass is 16.3. The van der Waals surface area contributed by atoms with Crippen LogP contribution in [-0.4, -0.2) is 17.2 Å². The fourth-order valence-electron chi connectivity index (χ4n) is 2.78. The van der Waals surface area contributed by atoms with Gasteiger partial charge in [0.15, 0.2) is 0 Å². The van der Waals surface area contributed by atoms with Crippen molar-refractivity contribution in [3.05, 3.63) is 29.8 Å². The van der Waals surface area contributed by atoms with Gasteiger partial charge in [-0.15, -0.1) is 0 Å². The Bertz CT molecular complexity index is 373. The number of nitrogens with one attached hydrogen (secondary N) is 1. The Morgan fingerprint density at radius 2 is 1.94 bits per heavy atom. The summed E-state index contributed by atoms with van der Waals surface area (Å²) in [5, 5.41) is 13.6. The second-order valence-electron chi connectivity index (χ2n) is 5.30. The lowest BCUT2D eigenvalue weighted by Crippen LogP contribution is -2.39. The Morgan fingerprint density at radius 1 is 1.28 bits per heavy atom. The summed E-state index contributed by atoms with van der Waals surface area (Å²) in [7, 11) is 0. The van der Waals surface area contributed by atoms with Gasteiger partial charge in [0, 0.05) is 23.7 Å². The van der Waals surface area contributed by atoms with Crippen LogP contribution >= 0.6 is 0 Å². The first-order chi connectivity index (χ1) is 8.70. The van der Waals surface area contributed by atoms with Crippen molar-refractivity contribution in [2.45, 2.75) is 57.2 Å². The molecule has 0 spiro atoms. The first-order valence-electron chi connectivity index (χ1n) is 7.00. The number of phenols is 1. The van der Waals surface area contributed by atoms with Gasteiger partial charge in [-0.1, -0.05) is 25.1 Å². The van der Waals surface area contributed by atoms with E-state index in [9.17, 15) is 5.11 Å². The molecule has 0 aliphatic heterocycles. The molecule has 1 fully saturated rings. The van der Waals surface area contributed by atoms with Gasteiger partial charge in [-0.2, -0.15) is 0 Å². The molecule has 0 radical (unpaired) electrons. The first kappa shape index (κ1) is 13.4. The van der Waals surface area contributed by atoms with Crippen LogP contribution in [0.25, 0.3) is 0 Å². The number of aromatic hydroxyl groups is 1. The van der Waals surface area contributed by atoms with Crippen LogP contribution in [-0.2, 0) is 0 Å². The van der Waals surface area contributed by atoms with Crippen molar-refractivity contribution in [1.82, 2.24) is 5.32 Å². The van der Waals surface area contributed by atoms with Crippen LogP contribution in [0.2, 0.25) is 0 Å². The summed E-state index contributed by atoms with van der Waals surface area (Å²) in [6, 6.07) is 8.77. The molecule has 0 heterocycles. The highest BCUT2D eigenvalue weighted by Crippen LogP contribution is 2.28. The Hall–Kier alpha value is -1.06. The van der Waals surface area contributed by atoms with Crippen LogP contribution in [0.15, 0.2) is 24.3 Å². The fourth-order valence-corrected chi connectivity index (χ4v) is 2.78. The lowest BCUT2D eigenvalue weighted by molar-refractivity contribution is 0.309. The second kappa shape index (κ2) is 6.21. The van der Waals surface area contributed by atoms with Gasteiger partial charge in [0.25, 0.3) is 0 Å². The molecule has 1 unspecified atom stereocenters. The predicted octanol–water partition coefficient (Wildman–Crippen LogP) is 2.70. The molecule has 4 N–H and O–H groups in total. The van der Waals surface area contributed by atoms with Crippen molar-refractivity contribution in [2.24, 2.45) is 5.73 Å². The summed E-state index contributed by atoms with van der Waals surface area (Å²) in [5.41, 5.74) is 6.94. The summed E-state index contributed by atoms with van der Waals surface area (Å²) in [5.74, 6) is 0.393. The van der Waals surface area contributed by atoms with Crippen molar-refractivity contribution in [3.63, 3.8) is 0 Å². The van der Waals surface area contributed by atoms with Gasteiger partial charge < -0.3 is 16.2 Å². The molecule has 0 saturated heterocycles. The molecule has 0 bridgehead atoms. The van der Waals surface area contributed by atoms with Gasteiger partial charge in [0.2, 0.25) is 0 Å². The van der Waals surface area contributed by atoms with E-state index >= 15 is 0 Å². The topological polar surface area (TPSA) is 58.3 Å². The first-order valence-corrected chi connectivity index (χ1v) is 7.00. The number of rotatable bonds is 4. The molecular formula is C15H24N2O. The summed E-state index contributed by atoms with van der Waals surface area (Å²) in [4.78, 5) is 0. The second-order valence-corrected chi connectivity index (χ2v) is 5.30. The Morgan fingerprint density at radius 3 is 2.56 bits per heavy atom. The van der Waals surface area contributed by atoms with E-state index in [1.165, 1.54) is 0 Å². The maximum absolute atomic E-state index is 9.92. The number of nitrogens with two attached hydrogens (primary N) is 1. The van der Waals surface area contributed by atoms with E-state index in [-0.39, 0.29) is 6.04 Å². The van der Waals surface area contributed by atoms with E-state index < -0.39 is 0 Å². The van der Waals surface area contributed by atoms with Crippen molar-refractivity contribution < 1.29 is 5.11 Å². The zero-order chi connectivity index (χ0) is 13.0. The van der Waals surface area contributed by atoms with Crippen LogP contribution in [0.4, 0.5) is 0 Å². The number of para-hydroxylation sites is 1. The Labute approximate surface area is 109 Å². The predicted molar refractivity (Wildman–Crippen MR) is 74.5 cm³/mol. The van der Waals surface area contributed by atoms with Gasteiger partial charge >= 0.3 is 0 Å². The largest absolute Gasteiger partial charge is 0.508 e. The molecule has 0 aromatic heterocycles. The molecule has 100 valence electrons. The molecule has 1 saturated carbocycles. The minimum absolute atomic E-state index is 0.241. The van der Waals surface area contributed by atoms with Gasteiger partial charge in [-0.05, 0) is 38.2 Å². The van der Waals surface area contributed by atoms with E-state index in [4.69, 9.17) is 5.73 Å². The molecule has 1 aliphatic carbocycles. The highest BCUT2D eigenvalue weighted by molar-refractivity contribution is 5.34. The third kappa shape index (κ3) is 3.24. The number of hydrogen-bond acceptors (Lipinski definition) is 3. The van der Waals surface area contributed by atoms with Gasteiger partial charge in [0.05, 0.1) is 0 Å². The van der Waals surface area contributed by atoms with Crippen LogP contribution in [0, 0.1) is 0 Å². The SMILES string of the molecule is CCC(NC1CCC(N)CC1)c1ccccc1O. The molecule has 3 heteroatoms. The molecule has 18 heavy (non-hydrogen) atoms. The molecule has 2 rings (SSSR count). The quantitative estimate of drug-likeness (QED) is 0.768. The zero-order valence-electron chi connectivity index (χ0n) is 11.1. The lowest BCUT2D eigenvalue weighted by Gasteiger charge is -2.31. The van der Waals surface area contributed by atoms with E-state index in [2.05, 4.69) is 12.2 Å². The van der Waals surface area contributed by atoms with Crippen LogP contribution < -0.4 is 11.1 Å². The smallest absolute Gasteiger partial charge is 0.120 e. The third-order valence-electron chi connectivity index (χ3n) is 3.93. The zero-order valence-corrected chi connectivity index (χ0v) is 11.1. The monoisotopic (exact) mass is 248 g/mol. The number of phenolic OH excluding ortho intramolecular Hbond substituents is 1. The number of hydrogen-bond donors (Lipinski definition) is 3. The Balaban J connectivity index is 1.99. The third-order valence-corrected chi connectivity index (χ3v) is 3.93. The summed E-state index contributed by atoms with van der Waals surface area (Å²) >= 11 is 0. The fraction of sp³-hybridized carbons (Fsp3) is 0.600. The van der Waals surface area contributed by atoms with Gasteiger partial charge in [-0.25, -0.2) is 0 Å². The average Bonchev–Trinajstić information content (AvgIpc) is 2.39. The molecule has 3 nitrogen and oxygen atoms in total. The lowest BCUT2D eigenvalue weighted by atomic mass is 9.90. The number of benzene rings is 1. The van der Waals surface area contributed by atoms with E-state index in [0.29, 0.717) is 17.8 Å². The molecular weight excluding hydrogens is 224 g/mol. The van der Waals surface area contributed by atoms with E-state index in [1.807, 2.05) is 18.2 Å². The van der Waals surface area contributed by atoms with Crippen LogP contribution in [0.5, 0.6) is 5.75 Å². The van der Waals surface area contributed by atoms with Crippen LogP contribution in [0.3, 0.4) is 0 Å². The molecule has 1 aliphatic rings. The highest BCUT2D eigenvalue weighted by Gasteiger charge is 2.22. The van der Waals surface area contributed by atoms with E-state index in [0.717, 1.165) is 37.7 Å². The minimum Gasteiger partial charge on any atom is -0.508 e. The average molecular weight is 248 g/mol. The van der Waals surface area contributed by atoms with Crippen molar-refractivity contribution >= 4 is 0 Å². The van der Waals surface area contributed by atoms with Crippen molar-refractivity contribution in [3.8, 4) is 5.75 Å². The Kier molecular flexibility index (Phi) is 4.61. The molecule has 1 aromatic rings. The van der Waals surface area contributed by atoms with Crippen molar-refractivity contribution in [2.75, 3.05) is 0 Å². The molecule has 1 aromatic carbocycles. The van der Waals surface area contributed by atoms with E-state index in [1.54, 1.807) is 6.07 Å². The van der Waals surface area contributed by atoms with Gasteiger partial charge in [0.1, 0.15) is 5.75 Å². The van der Waals surface area contributed by atoms with Gasteiger partial charge in [-0.3, -0.25) is 0 Å². The normalized spacial score (nSPS) is 25.9. The summed E-state index contributed by atoms with van der Waals surface area (Å²) in [6.07, 6.45) is 5.49. The molecule has 1 atom stereocenters. The maximum Gasteiger partial charge on any atom is 0.120 e. The maximum atomic E-state index is 9.92.